The van der Waals surface area contributed by atoms with E-state index in [1.807, 2.05) is 39.0 Å². The molecule has 0 radical (unpaired) electrons. The van der Waals surface area contributed by atoms with Crippen LogP contribution in [0.2, 0.25) is 0 Å². The SMILES string of the molecule is CC(=O)N(CC1(Cc2ccc(F)cc2)CCN(C2(CC(=O)OC(C)(C)C)CCC2)CC1)[C@@H]1CC1c1ccccc1. The lowest BCUT2D eigenvalue weighted by Crippen LogP contribution is -2.60. The van der Waals surface area contributed by atoms with Crippen LogP contribution >= 0.6 is 0 Å². The Balaban J connectivity index is 1.33. The van der Waals surface area contributed by atoms with E-state index >= 15 is 0 Å². The molecular formula is C34H45FN2O3. The van der Waals surface area contributed by atoms with Crippen molar-refractivity contribution in [2.75, 3.05) is 19.6 Å². The standard InChI is InChI=1S/C34H45FN2O3/c1-25(38)37(30-21-29(30)27-9-6-5-7-10-27)24-33(22-26-11-13-28(35)14-12-26)17-19-36(20-18-33)34(15-8-16-34)23-31(39)40-32(2,3)4/h5-7,9-14,29-30H,8,15-24H2,1-4H3/t29?,30-/m1/s1. The molecule has 216 valence electrons. The molecule has 2 saturated carbocycles. The Labute approximate surface area is 239 Å². The lowest BCUT2D eigenvalue weighted by atomic mass is 9.68. The monoisotopic (exact) mass is 548 g/mol. The van der Waals surface area contributed by atoms with Gasteiger partial charge in [0.2, 0.25) is 5.91 Å². The van der Waals surface area contributed by atoms with Gasteiger partial charge in [0.1, 0.15) is 11.4 Å². The summed E-state index contributed by atoms with van der Waals surface area (Å²) in [6.07, 6.45) is 7.32. The molecule has 0 N–H and O–H groups in total. The van der Waals surface area contributed by atoms with Gasteiger partial charge >= 0.3 is 5.97 Å². The molecule has 5 rings (SSSR count). The second kappa shape index (κ2) is 11.3. The van der Waals surface area contributed by atoms with Crippen LogP contribution < -0.4 is 0 Å². The number of benzene rings is 2. The largest absolute Gasteiger partial charge is 0.460 e. The van der Waals surface area contributed by atoms with Crippen LogP contribution in [-0.2, 0) is 20.7 Å². The maximum Gasteiger partial charge on any atom is 0.308 e. The molecule has 1 heterocycles. The third-order valence-corrected chi connectivity index (χ3v) is 9.46. The predicted molar refractivity (Wildman–Crippen MR) is 155 cm³/mol. The van der Waals surface area contributed by atoms with E-state index in [1.54, 1.807) is 6.92 Å². The number of amides is 1. The Bertz CT molecular complexity index is 1180. The first kappa shape index (κ1) is 28.8. The number of esters is 1. The van der Waals surface area contributed by atoms with E-state index in [4.69, 9.17) is 4.74 Å². The third-order valence-electron chi connectivity index (χ3n) is 9.46. The number of halogens is 1. The van der Waals surface area contributed by atoms with Crippen LogP contribution in [0.1, 0.15) is 89.7 Å². The van der Waals surface area contributed by atoms with E-state index in [1.165, 1.54) is 17.7 Å². The van der Waals surface area contributed by atoms with Gasteiger partial charge < -0.3 is 9.64 Å². The van der Waals surface area contributed by atoms with Crippen molar-refractivity contribution >= 4 is 11.9 Å². The minimum Gasteiger partial charge on any atom is -0.460 e. The normalized spacial score (nSPS) is 23.6. The molecule has 2 aliphatic carbocycles. The van der Waals surface area contributed by atoms with E-state index < -0.39 is 5.60 Å². The third kappa shape index (κ3) is 6.59. The first-order chi connectivity index (χ1) is 19.0. The maximum absolute atomic E-state index is 13.7. The quantitative estimate of drug-likeness (QED) is 0.335. The van der Waals surface area contributed by atoms with Gasteiger partial charge in [0.25, 0.3) is 0 Å². The van der Waals surface area contributed by atoms with E-state index in [-0.39, 0.29) is 34.7 Å². The summed E-state index contributed by atoms with van der Waals surface area (Å²) in [6.45, 7) is 9.96. The first-order valence-corrected chi connectivity index (χ1v) is 15.0. The lowest BCUT2D eigenvalue weighted by molar-refractivity contribution is -0.161. The highest BCUT2D eigenvalue weighted by Gasteiger charge is 2.50. The number of piperidine rings is 1. The van der Waals surface area contributed by atoms with Crippen LogP contribution in [0.25, 0.3) is 0 Å². The van der Waals surface area contributed by atoms with E-state index in [9.17, 15) is 14.0 Å². The number of hydrogen-bond donors (Lipinski definition) is 0. The maximum atomic E-state index is 13.7. The van der Waals surface area contributed by atoms with E-state index in [0.717, 1.165) is 63.6 Å². The zero-order valence-electron chi connectivity index (χ0n) is 24.6. The van der Waals surface area contributed by atoms with Crippen molar-refractivity contribution in [3.05, 3.63) is 71.5 Å². The second-order valence-electron chi connectivity index (χ2n) is 13.6. The molecular weight excluding hydrogens is 503 g/mol. The Morgan fingerprint density at radius 1 is 1.00 bits per heavy atom. The molecule has 1 unspecified atom stereocenters. The Hall–Kier alpha value is -2.73. The highest BCUT2D eigenvalue weighted by Crippen LogP contribution is 2.49. The topological polar surface area (TPSA) is 49.9 Å². The summed E-state index contributed by atoms with van der Waals surface area (Å²) in [7, 11) is 0. The smallest absolute Gasteiger partial charge is 0.308 e. The van der Waals surface area contributed by atoms with Crippen LogP contribution in [0.15, 0.2) is 54.6 Å². The van der Waals surface area contributed by atoms with Crippen molar-refractivity contribution in [1.82, 2.24) is 9.80 Å². The fourth-order valence-electron chi connectivity index (χ4n) is 7.13. The van der Waals surface area contributed by atoms with Gasteiger partial charge in [-0.15, -0.1) is 0 Å². The minimum absolute atomic E-state index is 0.0965. The van der Waals surface area contributed by atoms with Gasteiger partial charge in [-0.2, -0.15) is 0 Å². The predicted octanol–water partition coefficient (Wildman–Crippen LogP) is 6.51. The summed E-state index contributed by atoms with van der Waals surface area (Å²) in [4.78, 5) is 30.5. The summed E-state index contributed by atoms with van der Waals surface area (Å²) in [5, 5.41) is 0. The van der Waals surface area contributed by atoms with Crippen LogP contribution in [0.5, 0.6) is 0 Å². The Kier molecular flexibility index (Phi) is 8.11. The Morgan fingerprint density at radius 3 is 2.20 bits per heavy atom. The minimum atomic E-state index is -0.481. The van der Waals surface area contributed by atoms with Crippen molar-refractivity contribution in [1.29, 1.82) is 0 Å². The van der Waals surface area contributed by atoms with Gasteiger partial charge in [0, 0.05) is 31.0 Å². The number of carbonyl (C=O) groups is 2. The van der Waals surface area contributed by atoms with Crippen LogP contribution in [0, 0.1) is 11.2 Å². The first-order valence-electron chi connectivity index (χ1n) is 15.0. The van der Waals surface area contributed by atoms with Gasteiger partial charge in [-0.25, -0.2) is 4.39 Å². The summed E-state index contributed by atoms with van der Waals surface area (Å²) in [6, 6.07) is 17.6. The van der Waals surface area contributed by atoms with Gasteiger partial charge in [0.15, 0.2) is 0 Å². The molecule has 0 bridgehead atoms. The summed E-state index contributed by atoms with van der Waals surface area (Å²) < 4.78 is 19.4. The number of ether oxygens (including phenoxy) is 1. The van der Waals surface area contributed by atoms with Crippen LogP contribution in [0.3, 0.4) is 0 Å². The van der Waals surface area contributed by atoms with Crippen molar-refractivity contribution in [2.45, 2.75) is 102 Å². The zero-order valence-corrected chi connectivity index (χ0v) is 24.6. The molecule has 1 saturated heterocycles. The molecule has 40 heavy (non-hydrogen) atoms. The highest BCUT2D eigenvalue weighted by molar-refractivity contribution is 5.74. The fourth-order valence-corrected chi connectivity index (χ4v) is 7.13. The molecule has 6 heteroatoms. The van der Waals surface area contributed by atoms with Crippen molar-refractivity contribution in [3.8, 4) is 0 Å². The summed E-state index contributed by atoms with van der Waals surface area (Å²) in [5.74, 6) is 0.180. The average Bonchev–Trinajstić information content (AvgIpc) is 3.67. The molecule has 1 aliphatic heterocycles. The molecule has 0 aromatic heterocycles. The van der Waals surface area contributed by atoms with Gasteiger partial charge in [-0.3, -0.25) is 14.5 Å². The van der Waals surface area contributed by atoms with Gasteiger partial charge in [-0.05, 0) is 107 Å². The fraction of sp³-hybridized carbons (Fsp3) is 0.588. The molecule has 2 atom stereocenters. The summed E-state index contributed by atoms with van der Waals surface area (Å²) in [5.41, 5.74) is 1.72. The highest BCUT2D eigenvalue weighted by atomic mass is 19.1. The van der Waals surface area contributed by atoms with Gasteiger partial charge in [-0.1, -0.05) is 42.5 Å². The number of carbonyl (C=O) groups excluding carboxylic acids is 2. The average molecular weight is 549 g/mol. The zero-order chi connectivity index (χ0) is 28.5. The van der Waals surface area contributed by atoms with Crippen LogP contribution in [0.4, 0.5) is 4.39 Å². The Morgan fingerprint density at radius 2 is 1.65 bits per heavy atom. The number of nitrogens with zero attached hydrogens (tertiary/aromatic N) is 2. The molecule has 0 spiro atoms. The van der Waals surface area contributed by atoms with Crippen molar-refractivity contribution in [2.24, 2.45) is 5.41 Å². The lowest BCUT2D eigenvalue weighted by Gasteiger charge is -2.55. The number of likely N-dealkylation sites (tertiary alicyclic amines) is 1. The second-order valence-corrected chi connectivity index (χ2v) is 13.6. The van der Waals surface area contributed by atoms with E-state index in [2.05, 4.69) is 34.1 Å². The molecule has 1 amide bonds. The molecule has 2 aromatic carbocycles. The molecule has 2 aromatic rings. The molecule has 5 nitrogen and oxygen atoms in total. The molecule has 3 fully saturated rings. The van der Waals surface area contributed by atoms with Crippen molar-refractivity contribution in [3.63, 3.8) is 0 Å². The van der Waals surface area contributed by atoms with E-state index in [0.29, 0.717) is 18.9 Å². The van der Waals surface area contributed by atoms with Gasteiger partial charge in [0.05, 0.1) is 6.42 Å². The summed E-state index contributed by atoms with van der Waals surface area (Å²) >= 11 is 0. The number of rotatable bonds is 9. The van der Waals surface area contributed by atoms with Crippen molar-refractivity contribution < 1.29 is 18.7 Å². The molecule has 3 aliphatic rings. The van der Waals surface area contributed by atoms with Crippen LogP contribution in [-0.4, -0.2) is 58.5 Å². The number of hydrogen-bond acceptors (Lipinski definition) is 4.